The Labute approximate surface area is 116 Å². The van der Waals surface area contributed by atoms with Crippen LogP contribution in [0.5, 0.6) is 0 Å². The van der Waals surface area contributed by atoms with Gasteiger partial charge in [-0.05, 0) is 5.92 Å². The SMILES string of the molecule is CC[C@H](C)[C@H](NC(=O)[C@@H]1CSCN1C(C)=O)C(=O)O. The van der Waals surface area contributed by atoms with Crippen molar-refractivity contribution in [1.82, 2.24) is 10.2 Å². The van der Waals surface area contributed by atoms with E-state index < -0.39 is 18.1 Å². The van der Waals surface area contributed by atoms with Gasteiger partial charge in [-0.15, -0.1) is 11.8 Å². The third-order valence-corrected chi connectivity index (χ3v) is 4.38. The van der Waals surface area contributed by atoms with Crippen molar-refractivity contribution in [2.45, 2.75) is 39.3 Å². The zero-order valence-electron chi connectivity index (χ0n) is 11.4. The third kappa shape index (κ3) is 3.86. The fraction of sp³-hybridized carbons (Fsp3) is 0.750. The fourth-order valence-corrected chi connectivity index (χ4v) is 3.12. The van der Waals surface area contributed by atoms with Crippen LogP contribution in [0.15, 0.2) is 0 Å². The Morgan fingerprint density at radius 2 is 2.11 bits per heavy atom. The van der Waals surface area contributed by atoms with Crippen molar-refractivity contribution in [2.24, 2.45) is 5.92 Å². The van der Waals surface area contributed by atoms with Crippen molar-refractivity contribution < 1.29 is 19.5 Å². The normalized spacial score (nSPS) is 21.8. The highest BCUT2D eigenvalue weighted by molar-refractivity contribution is 7.99. The highest BCUT2D eigenvalue weighted by Gasteiger charge is 2.35. The van der Waals surface area contributed by atoms with Crippen molar-refractivity contribution in [3.05, 3.63) is 0 Å². The van der Waals surface area contributed by atoms with Crippen LogP contribution in [0, 0.1) is 5.92 Å². The summed E-state index contributed by atoms with van der Waals surface area (Å²) in [6.07, 6.45) is 0.660. The summed E-state index contributed by atoms with van der Waals surface area (Å²) in [5.74, 6) is -0.746. The summed E-state index contributed by atoms with van der Waals surface area (Å²) in [5, 5.41) is 11.7. The van der Waals surface area contributed by atoms with Crippen LogP contribution < -0.4 is 5.32 Å². The van der Waals surface area contributed by atoms with Crippen LogP contribution in [-0.2, 0) is 14.4 Å². The van der Waals surface area contributed by atoms with Crippen LogP contribution in [-0.4, -0.2) is 51.5 Å². The van der Waals surface area contributed by atoms with Gasteiger partial charge in [0.15, 0.2) is 0 Å². The predicted octanol–water partition coefficient (Wildman–Crippen LogP) is 0.523. The van der Waals surface area contributed by atoms with Crippen molar-refractivity contribution in [1.29, 1.82) is 0 Å². The van der Waals surface area contributed by atoms with Gasteiger partial charge in [0.05, 0.1) is 5.88 Å². The number of rotatable bonds is 5. The zero-order valence-corrected chi connectivity index (χ0v) is 12.2. The third-order valence-electron chi connectivity index (χ3n) is 3.37. The maximum Gasteiger partial charge on any atom is 0.326 e. The standard InChI is InChI=1S/C12H20N2O4S/c1-4-7(2)10(12(17)18)13-11(16)9-5-19-6-14(9)8(3)15/h7,9-10H,4-6H2,1-3H3,(H,13,16)(H,17,18)/t7-,9-,10-/m0/s1. The molecule has 0 unspecified atom stereocenters. The molecule has 0 spiro atoms. The van der Waals surface area contributed by atoms with E-state index in [0.29, 0.717) is 18.1 Å². The van der Waals surface area contributed by atoms with E-state index in [1.807, 2.05) is 6.92 Å². The first-order valence-corrected chi connectivity index (χ1v) is 7.42. The molecule has 1 saturated heterocycles. The number of nitrogens with one attached hydrogen (secondary N) is 1. The second-order valence-electron chi connectivity index (χ2n) is 4.71. The molecule has 6 nitrogen and oxygen atoms in total. The number of carbonyl (C=O) groups excluding carboxylic acids is 2. The van der Waals surface area contributed by atoms with Crippen LogP contribution in [0.3, 0.4) is 0 Å². The van der Waals surface area contributed by atoms with Gasteiger partial charge in [0, 0.05) is 12.7 Å². The maximum absolute atomic E-state index is 12.1. The van der Waals surface area contributed by atoms with Crippen molar-refractivity contribution in [3.63, 3.8) is 0 Å². The Bertz CT molecular complexity index is 375. The minimum absolute atomic E-state index is 0.152. The van der Waals surface area contributed by atoms with E-state index in [0.717, 1.165) is 0 Å². The van der Waals surface area contributed by atoms with E-state index in [2.05, 4.69) is 5.32 Å². The second-order valence-corrected chi connectivity index (χ2v) is 5.71. The van der Waals surface area contributed by atoms with Gasteiger partial charge in [-0.1, -0.05) is 20.3 Å². The van der Waals surface area contributed by atoms with E-state index >= 15 is 0 Å². The Morgan fingerprint density at radius 3 is 2.58 bits per heavy atom. The van der Waals surface area contributed by atoms with Gasteiger partial charge in [0.2, 0.25) is 11.8 Å². The van der Waals surface area contributed by atoms with Gasteiger partial charge in [-0.25, -0.2) is 4.79 Å². The van der Waals surface area contributed by atoms with Crippen LogP contribution in [0.4, 0.5) is 0 Å². The molecular weight excluding hydrogens is 268 g/mol. The number of amides is 2. The molecule has 1 aliphatic rings. The molecule has 0 aromatic rings. The molecule has 0 saturated carbocycles. The van der Waals surface area contributed by atoms with Crippen LogP contribution in [0.25, 0.3) is 0 Å². The number of hydrogen-bond donors (Lipinski definition) is 2. The lowest BCUT2D eigenvalue weighted by molar-refractivity contribution is -0.144. The summed E-state index contributed by atoms with van der Waals surface area (Å²) in [7, 11) is 0. The second kappa shape index (κ2) is 6.79. The molecule has 108 valence electrons. The predicted molar refractivity (Wildman–Crippen MR) is 72.7 cm³/mol. The summed E-state index contributed by atoms with van der Waals surface area (Å²) >= 11 is 1.49. The number of carboxylic acids is 1. The number of carbonyl (C=O) groups is 3. The molecule has 1 heterocycles. The molecule has 2 amide bonds. The lowest BCUT2D eigenvalue weighted by atomic mass is 9.99. The highest BCUT2D eigenvalue weighted by Crippen LogP contribution is 2.21. The van der Waals surface area contributed by atoms with E-state index in [4.69, 9.17) is 5.11 Å². The lowest BCUT2D eigenvalue weighted by Crippen LogP contribution is -2.53. The smallest absolute Gasteiger partial charge is 0.326 e. The first-order chi connectivity index (χ1) is 8.88. The molecule has 0 aromatic carbocycles. The molecule has 1 fully saturated rings. The number of carboxylic acid groups (broad SMARTS) is 1. The van der Waals surface area contributed by atoms with Crippen molar-refractivity contribution in [2.75, 3.05) is 11.6 Å². The van der Waals surface area contributed by atoms with Crippen LogP contribution in [0.2, 0.25) is 0 Å². The summed E-state index contributed by atoms with van der Waals surface area (Å²) < 4.78 is 0. The Hall–Kier alpha value is -1.24. The highest BCUT2D eigenvalue weighted by atomic mass is 32.2. The van der Waals surface area contributed by atoms with E-state index in [1.54, 1.807) is 6.92 Å². The van der Waals surface area contributed by atoms with Gasteiger partial charge in [-0.2, -0.15) is 0 Å². The average Bonchev–Trinajstić information content (AvgIpc) is 2.83. The first kappa shape index (κ1) is 15.8. The van der Waals surface area contributed by atoms with Gasteiger partial charge >= 0.3 is 5.97 Å². The molecule has 0 aromatic heterocycles. The van der Waals surface area contributed by atoms with Crippen molar-refractivity contribution >= 4 is 29.5 Å². The molecule has 3 atom stereocenters. The Balaban J connectivity index is 2.71. The largest absolute Gasteiger partial charge is 0.480 e. The fourth-order valence-electron chi connectivity index (χ4n) is 1.90. The topological polar surface area (TPSA) is 86.7 Å². The van der Waals surface area contributed by atoms with Gasteiger partial charge < -0.3 is 15.3 Å². The summed E-state index contributed by atoms with van der Waals surface area (Å²) in [4.78, 5) is 36.1. The first-order valence-electron chi connectivity index (χ1n) is 6.26. The molecule has 2 N–H and O–H groups in total. The molecule has 0 radical (unpaired) electrons. The van der Waals surface area contributed by atoms with Crippen molar-refractivity contribution in [3.8, 4) is 0 Å². The van der Waals surface area contributed by atoms with Crippen LogP contribution in [0.1, 0.15) is 27.2 Å². The lowest BCUT2D eigenvalue weighted by Gasteiger charge is -2.25. The summed E-state index contributed by atoms with van der Waals surface area (Å²) in [6.45, 7) is 5.07. The molecule has 1 aliphatic heterocycles. The Morgan fingerprint density at radius 1 is 1.47 bits per heavy atom. The summed E-state index contributed by atoms with van der Waals surface area (Å²) in [6, 6.07) is -1.47. The molecule has 19 heavy (non-hydrogen) atoms. The number of nitrogens with zero attached hydrogens (tertiary/aromatic N) is 1. The zero-order chi connectivity index (χ0) is 14.6. The van der Waals surface area contributed by atoms with Gasteiger partial charge in [-0.3, -0.25) is 9.59 Å². The minimum Gasteiger partial charge on any atom is -0.480 e. The molecule has 1 rings (SSSR count). The number of thioether (sulfide) groups is 1. The van der Waals surface area contributed by atoms with E-state index in [9.17, 15) is 14.4 Å². The average molecular weight is 288 g/mol. The quantitative estimate of drug-likeness (QED) is 0.770. The number of hydrogen-bond acceptors (Lipinski definition) is 4. The monoisotopic (exact) mass is 288 g/mol. The van der Waals surface area contributed by atoms with Crippen LogP contribution >= 0.6 is 11.8 Å². The summed E-state index contributed by atoms with van der Waals surface area (Å²) in [5.41, 5.74) is 0. The maximum atomic E-state index is 12.1. The number of aliphatic carboxylic acids is 1. The molecule has 7 heteroatoms. The Kier molecular flexibility index (Phi) is 5.65. The van der Waals surface area contributed by atoms with Gasteiger partial charge in [0.1, 0.15) is 12.1 Å². The molecule has 0 bridgehead atoms. The molecule has 0 aliphatic carbocycles. The van der Waals surface area contributed by atoms with E-state index in [-0.39, 0.29) is 17.7 Å². The van der Waals surface area contributed by atoms with E-state index in [1.165, 1.54) is 23.6 Å². The molecular formula is C12H20N2O4S. The minimum atomic E-state index is -1.04. The van der Waals surface area contributed by atoms with Gasteiger partial charge in [0.25, 0.3) is 0 Å².